The van der Waals surface area contributed by atoms with Gasteiger partial charge >= 0.3 is 5.97 Å². The van der Waals surface area contributed by atoms with Crippen LogP contribution in [-0.2, 0) is 16.0 Å². The molecule has 1 heterocycles. The number of hydrogen-bond donors (Lipinski definition) is 4. The molecule has 1 saturated carbocycles. The van der Waals surface area contributed by atoms with Crippen molar-refractivity contribution < 1.29 is 14.7 Å². The number of nitrogen functional groups attached to an aromatic ring is 1. The van der Waals surface area contributed by atoms with Crippen molar-refractivity contribution in [2.24, 2.45) is 11.7 Å². The number of nitrogens with two attached hydrogens (primary N) is 1. The first-order valence-electron chi connectivity index (χ1n) is 10.9. The number of carboxylic acids is 1. The molecule has 1 amide bonds. The van der Waals surface area contributed by atoms with E-state index in [1.165, 1.54) is 0 Å². The minimum Gasteiger partial charge on any atom is -0.481 e. The van der Waals surface area contributed by atoms with Gasteiger partial charge in [-0.25, -0.2) is 0 Å². The lowest BCUT2D eigenvalue weighted by Crippen LogP contribution is -2.46. The lowest BCUT2D eigenvalue weighted by molar-refractivity contribution is -0.144. The maximum absolute atomic E-state index is 13.6. The molecule has 1 aromatic heterocycles. The fourth-order valence-electron chi connectivity index (χ4n) is 4.56. The first-order chi connectivity index (χ1) is 15.4. The number of fused-ring (bicyclic) bond motifs is 1. The third-order valence-electron chi connectivity index (χ3n) is 6.30. The van der Waals surface area contributed by atoms with Gasteiger partial charge in [0.1, 0.15) is 5.84 Å². The van der Waals surface area contributed by atoms with E-state index in [1.54, 1.807) is 11.3 Å². The van der Waals surface area contributed by atoms with Crippen LogP contribution in [0.15, 0.2) is 53.9 Å². The quantitative estimate of drug-likeness (QED) is 0.318. The molecule has 3 aromatic rings. The number of carboxylic acid groups (broad SMARTS) is 1. The predicted molar refractivity (Wildman–Crippen MR) is 127 cm³/mol. The first-order valence-corrected chi connectivity index (χ1v) is 11.7. The lowest BCUT2D eigenvalue weighted by atomic mass is 9.83. The Morgan fingerprint density at radius 2 is 1.91 bits per heavy atom. The van der Waals surface area contributed by atoms with E-state index in [9.17, 15) is 14.7 Å². The van der Waals surface area contributed by atoms with E-state index in [-0.39, 0.29) is 17.8 Å². The zero-order valence-corrected chi connectivity index (χ0v) is 18.5. The highest BCUT2D eigenvalue weighted by Crippen LogP contribution is 2.35. The summed E-state index contributed by atoms with van der Waals surface area (Å²) in [6.07, 6.45) is 3.57. The monoisotopic (exact) mass is 449 g/mol. The number of aliphatic carboxylic acids is 1. The highest BCUT2D eigenvalue weighted by Gasteiger charge is 2.34. The first kappa shape index (κ1) is 22.0. The van der Waals surface area contributed by atoms with Crippen LogP contribution in [0.3, 0.4) is 0 Å². The Hall–Kier alpha value is -3.19. The molecule has 166 valence electrons. The van der Waals surface area contributed by atoms with Gasteiger partial charge in [0, 0.05) is 16.3 Å². The van der Waals surface area contributed by atoms with Crippen LogP contribution in [0.2, 0.25) is 0 Å². The molecule has 4 rings (SSSR count). The van der Waals surface area contributed by atoms with E-state index >= 15 is 0 Å². The molecular formula is C25H27N3O3S. The second-order valence-electron chi connectivity index (χ2n) is 8.40. The van der Waals surface area contributed by atoms with E-state index < -0.39 is 17.8 Å². The summed E-state index contributed by atoms with van der Waals surface area (Å²) in [4.78, 5) is 25.3. The Labute approximate surface area is 191 Å². The van der Waals surface area contributed by atoms with Crippen molar-refractivity contribution in [3.05, 3.63) is 70.6 Å². The Bertz CT molecular complexity index is 1140. The molecule has 5 N–H and O–H groups in total. The molecule has 0 aliphatic heterocycles. The molecule has 7 heteroatoms. The topological polar surface area (TPSA) is 116 Å². The van der Waals surface area contributed by atoms with Crippen molar-refractivity contribution >= 4 is 39.1 Å². The zero-order valence-electron chi connectivity index (χ0n) is 17.7. The molecule has 1 aliphatic rings. The number of hydrogen-bond acceptors (Lipinski definition) is 4. The Kier molecular flexibility index (Phi) is 6.55. The maximum Gasteiger partial charge on any atom is 0.308 e. The van der Waals surface area contributed by atoms with Crippen LogP contribution >= 0.6 is 11.3 Å². The van der Waals surface area contributed by atoms with Crippen LogP contribution < -0.4 is 11.1 Å². The van der Waals surface area contributed by atoms with Gasteiger partial charge in [-0.15, -0.1) is 11.3 Å². The van der Waals surface area contributed by atoms with E-state index in [0.29, 0.717) is 24.8 Å². The summed E-state index contributed by atoms with van der Waals surface area (Å²) in [6, 6.07) is 15.1. The summed E-state index contributed by atoms with van der Waals surface area (Å²) in [5.74, 6) is -2.03. The second kappa shape index (κ2) is 9.53. The third kappa shape index (κ3) is 4.67. The van der Waals surface area contributed by atoms with E-state index in [2.05, 4.69) is 5.32 Å². The van der Waals surface area contributed by atoms with Crippen molar-refractivity contribution in [3.8, 4) is 0 Å². The second-order valence-corrected chi connectivity index (χ2v) is 9.31. The van der Waals surface area contributed by atoms with Crippen LogP contribution in [0.5, 0.6) is 0 Å². The molecule has 6 nitrogen and oxygen atoms in total. The maximum atomic E-state index is 13.6. The lowest BCUT2D eigenvalue weighted by Gasteiger charge is -2.30. The summed E-state index contributed by atoms with van der Waals surface area (Å²) >= 11 is 1.56. The molecular weight excluding hydrogens is 422 g/mol. The van der Waals surface area contributed by atoms with Gasteiger partial charge in [-0.05, 0) is 59.4 Å². The number of amidine groups is 1. The summed E-state index contributed by atoms with van der Waals surface area (Å²) in [5, 5.41) is 23.4. The number of nitrogens with one attached hydrogen (secondary N) is 2. The number of amides is 1. The van der Waals surface area contributed by atoms with Gasteiger partial charge in [0.25, 0.3) is 0 Å². The van der Waals surface area contributed by atoms with Gasteiger partial charge in [-0.2, -0.15) is 0 Å². The van der Waals surface area contributed by atoms with Gasteiger partial charge in [0.2, 0.25) is 5.91 Å². The fraction of sp³-hybridized carbons (Fsp3) is 0.320. The largest absolute Gasteiger partial charge is 0.481 e. The Balaban J connectivity index is 1.70. The summed E-state index contributed by atoms with van der Waals surface area (Å²) in [5.41, 5.74) is 8.24. The SMILES string of the molecule is N=C(N)c1ccc2scc(C(Cc3ccccc3)C(=O)N[C@H]3CCCC[C@H]3C(=O)O)c2c1. The molecule has 1 aliphatic carbocycles. The summed E-state index contributed by atoms with van der Waals surface area (Å²) in [6.45, 7) is 0. The van der Waals surface area contributed by atoms with Gasteiger partial charge in [0.15, 0.2) is 0 Å². The van der Waals surface area contributed by atoms with Crippen molar-refractivity contribution in [1.82, 2.24) is 5.32 Å². The number of carbonyl (C=O) groups excluding carboxylic acids is 1. The van der Waals surface area contributed by atoms with E-state index in [4.69, 9.17) is 11.1 Å². The van der Waals surface area contributed by atoms with Crippen LogP contribution in [0.1, 0.15) is 48.3 Å². The normalized spacial score (nSPS) is 19.4. The fourth-order valence-corrected chi connectivity index (χ4v) is 5.56. The average Bonchev–Trinajstić information content (AvgIpc) is 3.21. The van der Waals surface area contributed by atoms with Gasteiger partial charge in [-0.3, -0.25) is 15.0 Å². The standard InChI is InChI=1S/C25H27N3O3S/c26-23(27)16-10-11-22-18(13-16)20(14-32-22)19(12-15-6-2-1-3-7-15)24(29)28-21-9-5-4-8-17(21)25(30)31/h1-3,6-7,10-11,13-14,17,19,21H,4-5,8-9,12H2,(H3,26,27)(H,28,29)(H,30,31)/t17-,19?,21+/m1/s1. The van der Waals surface area contributed by atoms with E-state index in [1.807, 2.05) is 53.9 Å². The minimum absolute atomic E-state index is 0.0142. The van der Waals surface area contributed by atoms with Crippen LogP contribution in [0, 0.1) is 11.3 Å². The van der Waals surface area contributed by atoms with Gasteiger partial charge < -0.3 is 16.2 Å². The number of benzene rings is 2. The minimum atomic E-state index is -0.846. The van der Waals surface area contributed by atoms with Gasteiger partial charge in [0.05, 0.1) is 11.8 Å². The highest BCUT2D eigenvalue weighted by molar-refractivity contribution is 7.17. The van der Waals surface area contributed by atoms with E-state index in [0.717, 1.165) is 34.1 Å². The summed E-state index contributed by atoms with van der Waals surface area (Å²) < 4.78 is 1.02. The molecule has 0 saturated heterocycles. The molecule has 2 aromatic carbocycles. The highest BCUT2D eigenvalue weighted by atomic mass is 32.1. The molecule has 3 atom stereocenters. The summed E-state index contributed by atoms with van der Waals surface area (Å²) in [7, 11) is 0. The molecule has 32 heavy (non-hydrogen) atoms. The molecule has 0 spiro atoms. The molecule has 0 radical (unpaired) electrons. The number of thiophene rings is 1. The van der Waals surface area contributed by atoms with Crippen molar-refractivity contribution in [3.63, 3.8) is 0 Å². The zero-order chi connectivity index (χ0) is 22.7. The van der Waals surface area contributed by atoms with Crippen LogP contribution in [-0.4, -0.2) is 28.9 Å². The molecule has 0 bridgehead atoms. The Morgan fingerprint density at radius 3 is 2.62 bits per heavy atom. The average molecular weight is 450 g/mol. The smallest absolute Gasteiger partial charge is 0.308 e. The van der Waals surface area contributed by atoms with Crippen molar-refractivity contribution in [2.45, 2.75) is 44.1 Å². The van der Waals surface area contributed by atoms with Crippen LogP contribution in [0.4, 0.5) is 0 Å². The molecule has 1 fully saturated rings. The predicted octanol–water partition coefficient (Wildman–Crippen LogP) is 4.27. The number of carbonyl (C=O) groups is 2. The Morgan fingerprint density at radius 1 is 1.16 bits per heavy atom. The van der Waals surface area contributed by atoms with Crippen molar-refractivity contribution in [2.75, 3.05) is 0 Å². The molecule has 1 unspecified atom stereocenters. The van der Waals surface area contributed by atoms with Gasteiger partial charge in [-0.1, -0.05) is 43.2 Å². The third-order valence-corrected chi connectivity index (χ3v) is 7.28. The van der Waals surface area contributed by atoms with Crippen LogP contribution in [0.25, 0.3) is 10.1 Å². The number of rotatable bonds is 7. The van der Waals surface area contributed by atoms with Crippen molar-refractivity contribution in [1.29, 1.82) is 5.41 Å².